The third-order valence-electron chi connectivity index (χ3n) is 2.98. The minimum absolute atomic E-state index is 0.0242. The van der Waals surface area contributed by atoms with Gasteiger partial charge in [-0.25, -0.2) is 0 Å². The third kappa shape index (κ3) is 3.15. The van der Waals surface area contributed by atoms with E-state index in [1.165, 1.54) is 9.75 Å². The van der Waals surface area contributed by atoms with Crippen LogP contribution >= 0.6 is 11.3 Å². The molecule has 2 N–H and O–H groups in total. The summed E-state index contributed by atoms with van der Waals surface area (Å²) < 4.78 is 0. The van der Waals surface area contributed by atoms with Crippen molar-refractivity contribution in [2.45, 2.75) is 19.9 Å². The number of benzene rings is 1. The summed E-state index contributed by atoms with van der Waals surface area (Å²) >= 11 is 1.71. The first-order chi connectivity index (χ1) is 9.11. The van der Waals surface area contributed by atoms with E-state index < -0.39 is 0 Å². The molecule has 0 bridgehead atoms. The molecule has 0 saturated carbocycles. The van der Waals surface area contributed by atoms with Gasteiger partial charge in [0, 0.05) is 22.5 Å². The molecule has 0 fully saturated rings. The van der Waals surface area contributed by atoms with E-state index in [2.05, 4.69) is 29.7 Å². The van der Waals surface area contributed by atoms with E-state index in [1.54, 1.807) is 11.3 Å². The molecular formula is C15H18N2OS. The molecule has 1 unspecified atom stereocenters. The van der Waals surface area contributed by atoms with E-state index >= 15 is 0 Å². The lowest BCUT2D eigenvalue weighted by atomic mass is 10.1. The quantitative estimate of drug-likeness (QED) is 0.894. The lowest BCUT2D eigenvalue weighted by Gasteiger charge is -2.14. The SMILES string of the molecule is CNc1ccccc1C(=O)NC(C)c1ccc(C)s1. The van der Waals surface area contributed by atoms with Crippen LogP contribution in [0.1, 0.15) is 33.1 Å². The molecule has 1 amide bonds. The smallest absolute Gasteiger partial charge is 0.253 e. The zero-order valence-corrected chi connectivity index (χ0v) is 12.2. The monoisotopic (exact) mass is 274 g/mol. The van der Waals surface area contributed by atoms with Crippen LogP contribution in [-0.2, 0) is 0 Å². The lowest BCUT2D eigenvalue weighted by Crippen LogP contribution is -2.26. The number of carbonyl (C=O) groups is 1. The summed E-state index contributed by atoms with van der Waals surface area (Å²) in [5.74, 6) is -0.0523. The fraction of sp³-hybridized carbons (Fsp3) is 0.267. The van der Waals surface area contributed by atoms with Gasteiger partial charge in [0.25, 0.3) is 5.91 Å². The minimum Gasteiger partial charge on any atom is -0.387 e. The number of para-hydroxylation sites is 1. The van der Waals surface area contributed by atoms with Gasteiger partial charge < -0.3 is 10.6 Å². The summed E-state index contributed by atoms with van der Waals surface area (Å²) in [6, 6.07) is 11.7. The van der Waals surface area contributed by atoms with Crippen molar-refractivity contribution >= 4 is 22.9 Å². The van der Waals surface area contributed by atoms with Crippen LogP contribution in [0.2, 0.25) is 0 Å². The normalized spacial score (nSPS) is 11.9. The molecule has 3 nitrogen and oxygen atoms in total. The Kier molecular flexibility index (Phi) is 4.22. The van der Waals surface area contributed by atoms with Gasteiger partial charge in [0.2, 0.25) is 0 Å². The first-order valence-corrected chi connectivity index (χ1v) is 7.07. The molecule has 1 heterocycles. The Morgan fingerprint density at radius 3 is 2.58 bits per heavy atom. The molecule has 1 atom stereocenters. The van der Waals surface area contributed by atoms with Crippen molar-refractivity contribution < 1.29 is 4.79 Å². The topological polar surface area (TPSA) is 41.1 Å². The van der Waals surface area contributed by atoms with Gasteiger partial charge in [-0.3, -0.25) is 4.79 Å². The predicted octanol–water partition coefficient (Wildman–Crippen LogP) is 3.59. The van der Waals surface area contributed by atoms with Crippen molar-refractivity contribution in [1.82, 2.24) is 5.32 Å². The number of hydrogen-bond donors (Lipinski definition) is 2. The Morgan fingerprint density at radius 1 is 1.21 bits per heavy atom. The number of nitrogens with one attached hydrogen (secondary N) is 2. The summed E-state index contributed by atoms with van der Waals surface area (Å²) in [5, 5.41) is 6.07. The number of aryl methyl sites for hydroxylation is 1. The van der Waals surface area contributed by atoms with Crippen LogP contribution < -0.4 is 10.6 Å². The van der Waals surface area contributed by atoms with E-state index in [1.807, 2.05) is 38.2 Å². The molecule has 0 aliphatic rings. The summed E-state index contributed by atoms with van der Waals surface area (Å²) in [6.07, 6.45) is 0. The fourth-order valence-corrected chi connectivity index (χ4v) is 2.81. The van der Waals surface area contributed by atoms with Crippen molar-refractivity contribution in [3.8, 4) is 0 Å². The largest absolute Gasteiger partial charge is 0.387 e. The molecule has 0 aliphatic heterocycles. The Balaban J connectivity index is 2.12. The zero-order chi connectivity index (χ0) is 13.8. The molecule has 19 heavy (non-hydrogen) atoms. The van der Waals surface area contributed by atoms with Gasteiger partial charge in [-0.1, -0.05) is 12.1 Å². The Morgan fingerprint density at radius 2 is 1.95 bits per heavy atom. The highest BCUT2D eigenvalue weighted by molar-refractivity contribution is 7.12. The number of amides is 1. The predicted molar refractivity (Wildman–Crippen MR) is 80.9 cm³/mol. The highest BCUT2D eigenvalue weighted by Crippen LogP contribution is 2.23. The summed E-state index contributed by atoms with van der Waals surface area (Å²) in [7, 11) is 1.82. The summed E-state index contributed by atoms with van der Waals surface area (Å²) in [5.41, 5.74) is 1.51. The molecule has 1 aromatic carbocycles. The van der Waals surface area contributed by atoms with Gasteiger partial charge in [-0.2, -0.15) is 0 Å². The number of thiophene rings is 1. The zero-order valence-electron chi connectivity index (χ0n) is 11.4. The molecule has 0 spiro atoms. The molecular weight excluding hydrogens is 256 g/mol. The standard InChI is InChI=1S/C15H18N2OS/c1-10-8-9-14(19-10)11(2)17-15(18)12-6-4-5-7-13(12)16-3/h4-9,11,16H,1-3H3,(H,17,18). The fourth-order valence-electron chi connectivity index (χ4n) is 1.93. The molecule has 1 aromatic heterocycles. The van der Waals surface area contributed by atoms with Crippen LogP contribution in [0.3, 0.4) is 0 Å². The van der Waals surface area contributed by atoms with E-state index in [0.29, 0.717) is 5.56 Å². The Bertz CT molecular complexity index is 577. The van der Waals surface area contributed by atoms with Crippen molar-refractivity contribution in [2.75, 3.05) is 12.4 Å². The minimum atomic E-state index is -0.0523. The van der Waals surface area contributed by atoms with E-state index in [4.69, 9.17) is 0 Å². The molecule has 0 aliphatic carbocycles. The molecule has 100 valence electrons. The third-order valence-corrected chi connectivity index (χ3v) is 4.16. The van der Waals surface area contributed by atoms with Gasteiger partial charge in [0.1, 0.15) is 0 Å². The van der Waals surface area contributed by atoms with Crippen molar-refractivity contribution in [2.24, 2.45) is 0 Å². The molecule has 0 radical (unpaired) electrons. The van der Waals surface area contributed by atoms with E-state index in [0.717, 1.165) is 5.69 Å². The van der Waals surface area contributed by atoms with Gasteiger partial charge in [0.15, 0.2) is 0 Å². The molecule has 2 rings (SSSR count). The Labute approximate surface area is 117 Å². The van der Waals surface area contributed by atoms with Crippen molar-refractivity contribution in [3.05, 3.63) is 51.7 Å². The lowest BCUT2D eigenvalue weighted by molar-refractivity contribution is 0.0941. The van der Waals surface area contributed by atoms with Gasteiger partial charge >= 0.3 is 0 Å². The van der Waals surface area contributed by atoms with Crippen LogP contribution in [-0.4, -0.2) is 13.0 Å². The van der Waals surface area contributed by atoms with Crippen LogP contribution in [0.25, 0.3) is 0 Å². The highest BCUT2D eigenvalue weighted by Gasteiger charge is 2.14. The maximum atomic E-state index is 12.3. The van der Waals surface area contributed by atoms with Crippen LogP contribution in [0, 0.1) is 6.92 Å². The second kappa shape index (κ2) is 5.89. The van der Waals surface area contributed by atoms with Crippen LogP contribution in [0.15, 0.2) is 36.4 Å². The maximum absolute atomic E-state index is 12.3. The number of carbonyl (C=O) groups excluding carboxylic acids is 1. The average Bonchev–Trinajstić information content (AvgIpc) is 2.85. The second-order valence-electron chi connectivity index (χ2n) is 4.44. The molecule has 2 aromatic rings. The van der Waals surface area contributed by atoms with Gasteiger partial charge in [0.05, 0.1) is 11.6 Å². The Hall–Kier alpha value is -1.81. The van der Waals surface area contributed by atoms with E-state index in [9.17, 15) is 4.79 Å². The van der Waals surface area contributed by atoms with Crippen LogP contribution in [0.5, 0.6) is 0 Å². The summed E-state index contributed by atoms with van der Waals surface area (Å²) in [4.78, 5) is 14.7. The molecule has 4 heteroatoms. The summed E-state index contributed by atoms with van der Waals surface area (Å²) in [6.45, 7) is 4.07. The van der Waals surface area contributed by atoms with Crippen LogP contribution in [0.4, 0.5) is 5.69 Å². The van der Waals surface area contributed by atoms with Gasteiger partial charge in [-0.15, -0.1) is 11.3 Å². The van der Waals surface area contributed by atoms with Crippen molar-refractivity contribution in [3.63, 3.8) is 0 Å². The highest BCUT2D eigenvalue weighted by atomic mass is 32.1. The molecule has 0 saturated heterocycles. The maximum Gasteiger partial charge on any atom is 0.253 e. The average molecular weight is 274 g/mol. The number of rotatable bonds is 4. The number of anilines is 1. The second-order valence-corrected chi connectivity index (χ2v) is 5.76. The first-order valence-electron chi connectivity index (χ1n) is 6.26. The van der Waals surface area contributed by atoms with Gasteiger partial charge in [-0.05, 0) is 38.1 Å². The first kappa shape index (κ1) is 13.6. The number of hydrogen-bond acceptors (Lipinski definition) is 3. The van der Waals surface area contributed by atoms with E-state index in [-0.39, 0.29) is 11.9 Å². The van der Waals surface area contributed by atoms with Crippen molar-refractivity contribution in [1.29, 1.82) is 0 Å².